The largest absolute Gasteiger partial charge is 0.464 e. The molecule has 0 spiro atoms. The first-order chi connectivity index (χ1) is 14.0. The predicted octanol–water partition coefficient (Wildman–Crippen LogP) is 3.75. The summed E-state index contributed by atoms with van der Waals surface area (Å²) in [7, 11) is 0. The van der Waals surface area contributed by atoms with Gasteiger partial charge in [-0.05, 0) is 38.5 Å². The number of ether oxygens (including phenoxy) is 1. The summed E-state index contributed by atoms with van der Waals surface area (Å²) in [6.07, 6.45) is 6.01. The minimum absolute atomic E-state index is 0.173. The minimum atomic E-state index is -0.466. The fourth-order valence-electron chi connectivity index (χ4n) is 2.55. The van der Waals surface area contributed by atoms with Crippen molar-refractivity contribution < 1.29 is 9.13 Å². The zero-order valence-corrected chi connectivity index (χ0v) is 17.3. The van der Waals surface area contributed by atoms with E-state index in [-0.39, 0.29) is 6.01 Å². The summed E-state index contributed by atoms with van der Waals surface area (Å²) in [6, 6.07) is 5.40. The van der Waals surface area contributed by atoms with E-state index in [4.69, 9.17) is 4.74 Å². The van der Waals surface area contributed by atoms with Crippen LogP contribution in [0.1, 0.15) is 23.9 Å². The number of hydrogen-bond acceptors (Lipinski definition) is 7. The molecule has 0 unspecified atom stereocenters. The molecule has 29 heavy (non-hydrogen) atoms. The van der Waals surface area contributed by atoms with E-state index in [1.807, 2.05) is 26.0 Å². The van der Waals surface area contributed by atoms with Crippen LogP contribution in [0.15, 0.2) is 48.1 Å². The van der Waals surface area contributed by atoms with E-state index in [2.05, 4.69) is 37.5 Å². The second-order valence-electron chi connectivity index (χ2n) is 6.25. The van der Waals surface area contributed by atoms with Crippen molar-refractivity contribution in [2.75, 3.05) is 6.61 Å². The van der Waals surface area contributed by atoms with E-state index >= 15 is 0 Å². The van der Waals surface area contributed by atoms with Gasteiger partial charge in [0.05, 0.1) is 31.2 Å². The fourth-order valence-corrected chi connectivity index (χ4v) is 2.80. The molecule has 3 aromatic rings. The topological polar surface area (TPSA) is 78.6 Å². The highest BCUT2D eigenvalue weighted by molar-refractivity contribution is 7.80. The van der Waals surface area contributed by atoms with Crippen molar-refractivity contribution in [3.63, 3.8) is 0 Å². The van der Waals surface area contributed by atoms with Crippen molar-refractivity contribution in [2.45, 2.75) is 32.5 Å². The molecular formula is C20H21FN6OS. The SMILES string of the molecule is CCOc1nc(C)cnc(-c2cncc(F)c2)n(Cc2ccc(C)nc2)c(S)n1. The number of nitrogens with zero attached hydrogens (tertiary/aromatic N) is 6. The molecule has 0 aromatic carbocycles. The van der Waals surface area contributed by atoms with Crippen LogP contribution < -0.4 is 4.74 Å². The second-order valence-corrected chi connectivity index (χ2v) is 6.65. The summed E-state index contributed by atoms with van der Waals surface area (Å²) in [5.74, 6) is -0.0368. The Morgan fingerprint density at radius 3 is 2.55 bits per heavy atom. The van der Waals surface area contributed by atoms with Gasteiger partial charge in [-0.3, -0.25) is 9.97 Å². The van der Waals surface area contributed by atoms with Crippen molar-refractivity contribution >= 4 is 12.6 Å². The maximum atomic E-state index is 13.9. The number of halogens is 1. The maximum absolute atomic E-state index is 13.9. The van der Waals surface area contributed by atoms with Crippen LogP contribution in [-0.2, 0) is 6.54 Å². The first kappa shape index (κ1) is 20.7. The highest BCUT2D eigenvalue weighted by Crippen LogP contribution is 2.20. The number of hydrogen-bond donors (Lipinski definition) is 1. The molecule has 0 radical (unpaired) electrons. The first-order valence-corrected chi connectivity index (χ1v) is 9.44. The van der Waals surface area contributed by atoms with E-state index in [0.29, 0.717) is 35.4 Å². The zero-order valence-electron chi connectivity index (χ0n) is 16.4. The highest BCUT2D eigenvalue weighted by atomic mass is 32.1. The van der Waals surface area contributed by atoms with Gasteiger partial charge in [-0.15, -0.1) is 12.6 Å². The molecular weight excluding hydrogens is 391 g/mol. The van der Waals surface area contributed by atoms with E-state index in [9.17, 15) is 4.39 Å². The number of rotatable bonds is 5. The molecule has 0 saturated carbocycles. The van der Waals surface area contributed by atoms with Crippen molar-refractivity contribution in [3.05, 3.63) is 65.8 Å². The average Bonchev–Trinajstić information content (AvgIpc) is 2.73. The van der Waals surface area contributed by atoms with Gasteiger partial charge in [-0.2, -0.15) is 9.97 Å². The molecule has 0 saturated heterocycles. The monoisotopic (exact) mass is 412 g/mol. The third kappa shape index (κ3) is 5.47. The summed E-state index contributed by atoms with van der Waals surface area (Å²) in [6.45, 7) is 6.30. The smallest absolute Gasteiger partial charge is 0.319 e. The molecule has 3 aromatic heterocycles. The molecule has 0 amide bonds. The quantitative estimate of drug-likeness (QED) is 0.643. The lowest BCUT2D eigenvalue weighted by Gasteiger charge is -2.13. The minimum Gasteiger partial charge on any atom is -0.464 e. The van der Waals surface area contributed by atoms with Gasteiger partial charge in [0.1, 0.15) is 11.6 Å². The first-order valence-electron chi connectivity index (χ1n) is 9.00. The molecule has 0 fully saturated rings. The molecule has 0 atom stereocenters. The lowest BCUT2D eigenvalue weighted by Crippen LogP contribution is -2.09. The molecule has 3 rings (SSSR count). The Labute approximate surface area is 173 Å². The third-order valence-electron chi connectivity index (χ3n) is 3.89. The molecule has 3 heterocycles. The number of pyridine rings is 2. The number of aryl methyl sites for hydroxylation is 2. The average molecular weight is 412 g/mol. The van der Waals surface area contributed by atoms with Crippen molar-refractivity contribution in [2.24, 2.45) is 0 Å². The number of aromatic nitrogens is 6. The standard InChI is InChI=1S/C20H21FN6OS/c1-4-28-19-25-14(3)8-24-18(16-7-17(21)11-22-10-16)27(20(29)26-19)12-15-6-5-13(2)23-9-15/h5-11H,4,12H2,1-3H3,(H,25,26,29). The van der Waals surface area contributed by atoms with E-state index in [1.54, 1.807) is 23.9 Å². The Kier molecular flexibility index (Phi) is 6.71. The van der Waals surface area contributed by atoms with Gasteiger partial charge in [-0.1, -0.05) is 6.07 Å². The Morgan fingerprint density at radius 1 is 1.03 bits per heavy atom. The predicted molar refractivity (Wildman–Crippen MR) is 110 cm³/mol. The highest BCUT2D eigenvalue weighted by Gasteiger charge is 2.11. The van der Waals surface area contributed by atoms with Crippen LogP contribution in [0.25, 0.3) is 11.4 Å². The molecule has 0 bridgehead atoms. The van der Waals surface area contributed by atoms with Crippen LogP contribution in [0.5, 0.6) is 6.01 Å². The van der Waals surface area contributed by atoms with Gasteiger partial charge in [0.15, 0.2) is 5.16 Å². The normalized spacial score (nSPS) is 10.5. The lowest BCUT2D eigenvalue weighted by atomic mass is 10.2. The zero-order chi connectivity index (χ0) is 20.8. The molecule has 0 aliphatic rings. The second kappa shape index (κ2) is 9.42. The summed E-state index contributed by atoms with van der Waals surface area (Å²) >= 11 is 4.57. The van der Waals surface area contributed by atoms with Gasteiger partial charge < -0.3 is 9.30 Å². The molecule has 9 heteroatoms. The summed E-state index contributed by atoms with van der Waals surface area (Å²) in [5.41, 5.74) is 2.88. The van der Waals surface area contributed by atoms with Crippen LogP contribution in [0.3, 0.4) is 0 Å². The summed E-state index contributed by atoms with van der Waals surface area (Å²) in [4.78, 5) is 21.5. The van der Waals surface area contributed by atoms with E-state index in [1.165, 1.54) is 12.3 Å². The van der Waals surface area contributed by atoms with Crippen LogP contribution in [0.4, 0.5) is 4.39 Å². The third-order valence-corrected chi connectivity index (χ3v) is 4.23. The van der Waals surface area contributed by atoms with Crippen molar-refractivity contribution in [3.8, 4) is 17.4 Å². The Morgan fingerprint density at radius 2 is 1.86 bits per heavy atom. The summed E-state index contributed by atoms with van der Waals surface area (Å²) in [5, 5.41) is 0.295. The Hall–Kier alpha value is -3.07. The van der Waals surface area contributed by atoms with Gasteiger partial charge in [0, 0.05) is 23.7 Å². The molecule has 7 nitrogen and oxygen atoms in total. The lowest BCUT2D eigenvalue weighted by molar-refractivity contribution is 0.308. The van der Waals surface area contributed by atoms with Crippen molar-refractivity contribution in [1.82, 2.24) is 29.5 Å². The maximum Gasteiger partial charge on any atom is 0.319 e. The van der Waals surface area contributed by atoms with Gasteiger partial charge in [-0.25, -0.2) is 9.37 Å². The Bertz CT molecular complexity index is 1050. The number of thiol groups is 1. The molecule has 0 N–H and O–H groups in total. The fraction of sp³-hybridized carbons (Fsp3) is 0.250. The van der Waals surface area contributed by atoms with Crippen LogP contribution in [-0.4, -0.2) is 36.1 Å². The van der Waals surface area contributed by atoms with Gasteiger partial charge in [0.25, 0.3) is 0 Å². The molecule has 0 aliphatic carbocycles. The van der Waals surface area contributed by atoms with Gasteiger partial charge >= 0.3 is 6.01 Å². The molecule has 150 valence electrons. The van der Waals surface area contributed by atoms with Crippen LogP contribution in [0.2, 0.25) is 0 Å². The summed E-state index contributed by atoms with van der Waals surface area (Å²) < 4.78 is 21.1. The molecule has 0 aliphatic heterocycles. The van der Waals surface area contributed by atoms with E-state index < -0.39 is 5.82 Å². The Balaban J connectivity index is 2.28. The van der Waals surface area contributed by atoms with Crippen LogP contribution in [0, 0.1) is 19.7 Å². The van der Waals surface area contributed by atoms with E-state index in [0.717, 1.165) is 17.5 Å². The van der Waals surface area contributed by atoms with Crippen molar-refractivity contribution in [1.29, 1.82) is 0 Å². The van der Waals surface area contributed by atoms with Gasteiger partial charge in [0.2, 0.25) is 0 Å². The van der Waals surface area contributed by atoms with Crippen LogP contribution >= 0.6 is 12.6 Å².